The van der Waals surface area contributed by atoms with Gasteiger partial charge >= 0.3 is 0 Å². The largest absolute Gasteiger partial charge is 0.487 e. The highest BCUT2D eigenvalue weighted by atomic mass is 16.5. The zero-order valence-corrected chi connectivity index (χ0v) is 22.1. The summed E-state index contributed by atoms with van der Waals surface area (Å²) in [6, 6.07) is 14.3. The normalized spacial score (nSPS) is 16.8. The standard InChI is InChI=1S/C30H35N3O4/c1-19-13-20(2)32-29(35)26(19)17-31-28(34)23-14-24-16-30(3,4)37-27(24)25(15-23)22-7-5-21(6-8-22)18-33-9-11-36-12-10-33/h5-8,13-15H,9-12,16-18H2,1-4H3,(H,31,34)(H,32,35). The van der Waals surface area contributed by atoms with E-state index in [4.69, 9.17) is 9.47 Å². The molecule has 3 aromatic rings. The average molecular weight is 502 g/mol. The molecule has 1 fully saturated rings. The first-order valence-electron chi connectivity index (χ1n) is 12.9. The Balaban J connectivity index is 1.40. The van der Waals surface area contributed by atoms with E-state index in [9.17, 15) is 9.59 Å². The molecule has 0 aliphatic carbocycles. The van der Waals surface area contributed by atoms with E-state index in [0.29, 0.717) is 11.1 Å². The second-order valence-electron chi connectivity index (χ2n) is 10.8. The Morgan fingerprint density at radius 2 is 1.81 bits per heavy atom. The van der Waals surface area contributed by atoms with Crippen molar-refractivity contribution in [2.75, 3.05) is 26.3 Å². The number of carbonyl (C=O) groups excluding carboxylic acids is 1. The van der Waals surface area contributed by atoms with Crippen molar-refractivity contribution >= 4 is 5.91 Å². The van der Waals surface area contributed by atoms with Crippen LogP contribution in [0.1, 0.15) is 52.2 Å². The maximum Gasteiger partial charge on any atom is 0.253 e. The van der Waals surface area contributed by atoms with Crippen LogP contribution in [0.4, 0.5) is 0 Å². The number of pyridine rings is 1. The lowest BCUT2D eigenvalue weighted by Gasteiger charge is -2.26. The van der Waals surface area contributed by atoms with Crippen LogP contribution in [-0.2, 0) is 24.2 Å². The number of carbonyl (C=O) groups is 1. The molecular weight excluding hydrogens is 466 g/mol. The predicted molar refractivity (Wildman–Crippen MR) is 144 cm³/mol. The number of morpholine rings is 1. The number of aryl methyl sites for hydroxylation is 2. The summed E-state index contributed by atoms with van der Waals surface area (Å²) in [7, 11) is 0. The van der Waals surface area contributed by atoms with E-state index in [-0.39, 0.29) is 23.6 Å². The Morgan fingerprint density at radius 1 is 1.08 bits per heavy atom. The van der Waals surface area contributed by atoms with Gasteiger partial charge in [0, 0.05) is 55.0 Å². The molecule has 2 aliphatic rings. The van der Waals surface area contributed by atoms with Crippen LogP contribution in [0.15, 0.2) is 47.3 Å². The molecule has 1 aromatic heterocycles. The van der Waals surface area contributed by atoms with Crippen LogP contribution in [0.25, 0.3) is 11.1 Å². The molecular formula is C30H35N3O4. The quantitative estimate of drug-likeness (QED) is 0.531. The number of nitrogens with one attached hydrogen (secondary N) is 2. The number of H-pyrrole nitrogens is 1. The second kappa shape index (κ2) is 10.1. The fourth-order valence-corrected chi connectivity index (χ4v) is 5.24. The summed E-state index contributed by atoms with van der Waals surface area (Å²) in [5, 5.41) is 2.95. The number of aromatic amines is 1. The fourth-order valence-electron chi connectivity index (χ4n) is 5.24. The van der Waals surface area contributed by atoms with Crippen LogP contribution < -0.4 is 15.6 Å². The van der Waals surface area contributed by atoms with Crippen LogP contribution in [0.2, 0.25) is 0 Å². The van der Waals surface area contributed by atoms with Gasteiger partial charge in [-0.3, -0.25) is 14.5 Å². The van der Waals surface area contributed by atoms with Crippen LogP contribution in [-0.4, -0.2) is 47.7 Å². The fraction of sp³-hybridized carbons (Fsp3) is 0.400. The molecule has 0 atom stereocenters. The van der Waals surface area contributed by atoms with Gasteiger partial charge in [0.05, 0.1) is 13.2 Å². The van der Waals surface area contributed by atoms with Gasteiger partial charge in [-0.15, -0.1) is 0 Å². The SMILES string of the molecule is Cc1cc(C)c(CNC(=O)c2cc3c(c(-c4ccc(CN5CCOCC5)cc4)c2)OC(C)(C)C3)c(=O)[nH]1. The van der Waals surface area contributed by atoms with E-state index < -0.39 is 0 Å². The first-order chi connectivity index (χ1) is 17.7. The second-order valence-corrected chi connectivity index (χ2v) is 10.8. The monoisotopic (exact) mass is 501 g/mol. The van der Waals surface area contributed by atoms with Gasteiger partial charge in [0.1, 0.15) is 11.4 Å². The number of ether oxygens (including phenoxy) is 2. The molecule has 0 spiro atoms. The Bertz CT molecular complexity index is 1370. The summed E-state index contributed by atoms with van der Waals surface area (Å²) in [5.74, 6) is 0.630. The number of nitrogens with zero attached hydrogens (tertiary/aromatic N) is 1. The summed E-state index contributed by atoms with van der Waals surface area (Å²) >= 11 is 0. The summed E-state index contributed by atoms with van der Waals surface area (Å²) in [5.41, 5.74) is 6.49. The van der Waals surface area contributed by atoms with E-state index in [1.54, 1.807) is 0 Å². The lowest BCUT2D eigenvalue weighted by Crippen LogP contribution is -2.35. The van der Waals surface area contributed by atoms with Crippen molar-refractivity contribution in [2.24, 2.45) is 0 Å². The minimum Gasteiger partial charge on any atom is -0.487 e. The molecule has 0 bridgehead atoms. The zero-order chi connectivity index (χ0) is 26.2. The molecule has 2 N–H and O–H groups in total. The van der Waals surface area contributed by atoms with Gasteiger partial charge in [-0.05, 0) is 68.1 Å². The van der Waals surface area contributed by atoms with Crippen LogP contribution >= 0.6 is 0 Å². The van der Waals surface area contributed by atoms with Crippen LogP contribution in [0, 0.1) is 13.8 Å². The summed E-state index contributed by atoms with van der Waals surface area (Å²) in [4.78, 5) is 30.9. The number of hydrogen-bond donors (Lipinski definition) is 2. The van der Waals surface area contributed by atoms with E-state index >= 15 is 0 Å². The topological polar surface area (TPSA) is 83.7 Å². The summed E-state index contributed by atoms with van der Waals surface area (Å²) < 4.78 is 11.8. The minimum absolute atomic E-state index is 0.167. The van der Waals surface area contributed by atoms with Crippen molar-refractivity contribution in [1.82, 2.24) is 15.2 Å². The van der Waals surface area contributed by atoms with Gasteiger partial charge in [0.25, 0.3) is 11.5 Å². The Labute approximate surface area is 217 Å². The number of amides is 1. The van der Waals surface area contributed by atoms with E-state index in [2.05, 4.69) is 53.3 Å². The third kappa shape index (κ3) is 5.63. The molecule has 0 unspecified atom stereocenters. The molecule has 5 rings (SSSR count). The molecule has 7 heteroatoms. The van der Waals surface area contributed by atoms with Crippen molar-refractivity contribution in [3.05, 3.63) is 86.3 Å². The smallest absolute Gasteiger partial charge is 0.253 e. The third-order valence-electron chi connectivity index (χ3n) is 7.12. The van der Waals surface area contributed by atoms with Gasteiger partial charge < -0.3 is 19.8 Å². The molecule has 0 radical (unpaired) electrons. The predicted octanol–water partition coefficient (Wildman–Crippen LogP) is 4.13. The molecule has 1 amide bonds. The van der Waals surface area contributed by atoms with Gasteiger partial charge in [-0.25, -0.2) is 0 Å². The third-order valence-corrected chi connectivity index (χ3v) is 7.12. The number of aromatic nitrogens is 1. The van der Waals surface area contributed by atoms with E-state index in [0.717, 1.165) is 73.0 Å². The Kier molecular flexibility index (Phi) is 6.92. The highest BCUT2D eigenvalue weighted by Crippen LogP contribution is 2.43. The number of benzene rings is 2. The molecule has 194 valence electrons. The first kappa shape index (κ1) is 25.2. The van der Waals surface area contributed by atoms with Crippen LogP contribution in [0.3, 0.4) is 0 Å². The van der Waals surface area contributed by atoms with Gasteiger partial charge in [-0.2, -0.15) is 0 Å². The molecule has 37 heavy (non-hydrogen) atoms. The number of hydrogen-bond acceptors (Lipinski definition) is 5. The highest BCUT2D eigenvalue weighted by Gasteiger charge is 2.33. The van der Waals surface area contributed by atoms with E-state index in [1.165, 1.54) is 5.56 Å². The molecule has 2 aromatic carbocycles. The van der Waals surface area contributed by atoms with Crippen molar-refractivity contribution < 1.29 is 14.3 Å². The molecule has 2 aliphatic heterocycles. The van der Waals surface area contributed by atoms with Crippen molar-refractivity contribution in [3.8, 4) is 16.9 Å². The zero-order valence-electron chi connectivity index (χ0n) is 22.1. The molecule has 1 saturated heterocycles. The first-order valence-corrected chi connectivity index (χ1v) is 12.9. The van der Waals surface area contributed by atoms with Crippen LogP contribution in [0.5, 0.6) is 5.75 Å². The highest BCUT2D eigenvalue weighted by molar-refractivity contribution is 5.96. The van der Waals surface area contributed by atoms with Crippen molar-refractivity contribution in [1.29, 1.82) is 0 Å². The average Bonchev–Trinajstić information content (AvgIpc) is 3.17. The van der Waals surface area contributed by atoms with Crippen molar-refractivity contribution in [2.45, 2.75) is 52.8 Å². The Morgan fingerprint density at radius 3 is 2.51 bits per heavy atom. The van der Waals surface area contributed by atoms with Gasteiger partial charge in [0.2, 0.25) is 0 Å². The minimum atomic E-state index is -0.339. The molecule has 3 heterocycles. The van der Waals surface area contributed by atoms with Gasteiger partial charge in [0.15, 0.2) is 0 Å². The lowest BCUT2D eigenvalue weighted by atomic mass is 9.94. The summed E-state index contributed by atoms with van der Waals surface area (Å²) in [6.45, 7) is 12.4. The van der Waals surface area contributed by atoms with Crippen molar-refractivity contribution in [3.63, 3.8) is 0 Å². The van der Waals surface area contributed by atoms with E-state index in [1.807, 2.05) is 32.0 Å². The lowest BCUT2D eigenvalue weighted by molar-refractivity contribution is 0.0342. The summed E-state index contributed by atoms with van der Waals surface area (Å²) in [6.07, 6.45) is 0.725. The number of rotatable bonds is 6. The molecule has 0 saturated carbocycles. The maximum absolute atomic E-state index is 13.2. The maximum atomic E-state index is 13.2. The van der Waals surface area contributed by atoms with Gasteiger partial charge in [-0.1, -0.05) is 24.3 Å². The molecule has 7 nitrogen and oxygen atoms in total. The Hall–Kier alpha value is -3.42. The number of fused-ring (bicyclic) bond motifs is 1.